The van der Waals surface area contributed by atoms with Crippen molar-refractivity contribution < 1.29 is 18.3 Å². The lowest BCUT2D eigenvalue weighted by atomic mass is 9.96. The molecular formula is C16H19N3O4S2. The van der Waals surface area contributed by atoms with Gasteiger partial charge in [0.25, 0.3) is 0 Å². The van der Waals surface area contributed by atoms with Gasteiger partial charge in [-0.25, -0.2) is 23.3 Å². The second-order valence-electron chi connectivity index (χ2n) is 6.10. The zero-order valence-electron chi connectivity index (χ0n) is 13.7. The van der Waals surface area contributed by atoms with E-state index in [0.717, 1.165) is 23.9 Å². The number of carbonyl (C=O) groups is 1. The average molecular weight is 381 g/mol. The zero-order chi connectivity index (χ0) is 18.2. The molecule has 0 amide bonds. The van der Waals surface area contributed by atoms with Gasteiger partial charge in [-0.3, -0.25) is 0 Å². The topological polar surface area (TPSA) is 114 Å². The molecule has 0 saturated carbocycles. The molecule has 1 aliphatic heterocycles. The molecule has 0 atom stereocenters. The summed E-state index contributed by atoms with van der Waals surface area (Å²) in [6, 6.07) is 4.01. The number of piperidine rings is 1. The van der Waals surface area contributed by atoms with E-state index in [1.165, 1.54) is 17.0 Å². The molecule has 2 heterocycles. The number of aromatic carboxylic acids is 1. The molecule has 1 aromatic carbocycles. The molecule has 0 bridgehead atoms. The number of nitrogens with zero attached hydrogens (tertiary/aromatic N) is 2. The maximum Gasteiger partial charge on any atom is 0.337 e. The van der Waals surface area contributed by atoms with E-state index >= 15 is 0 Å². The smallest absolute Gasteiger partial charge is 0.337 e. The number of carboxylic acids is 1. The van der Waals surface area contributed by atoms with Gasteiger partial charge in [0.1, 0.15) is 0 Å². The first-order valence-corrected chi connectivity index (χ1v) is 10.2. The largest absolute Gasteiger partial charge is 0.478 e. The molecule has 0 radical (unpaired) electrons. The number of rotatable bonds is 4. The van der Waals surface area contributed by atoms with Gasteiger partial charge in [0.2, 0.25) is 10.0 Å². The van der Waals surface area contributed by atoms with Crippen LogP contribution in [0.4, 0.5) is 5.69 Å². The number of sulfonamides is 1. The Morgan fingerprint density at radius 3 is 2.56 bits per heavy atom. The summed E-state index contributed by atoms with van der Waals surface area (Å²) in [6.45, 7) is 3.42. The molecule has 0 unspecified atom stereocenters. The lowest BCUT2D eigenvalue weighted by Gasteiger charge is -2.33. The highest BCUT2D eigenvalue weighted by atomic mass is 32.2. The van der Waals surface area contributed by atoms with Crippen LogP contribution < -0.4 is 10.0 Å². The number of primary sulfonamides is 1. The number of aryl methyl sites for hydroxylation is 1. The van der Waals surface area contributed by atoms with E-state index in [-0.39, 0.29) is 10.5 Å². The average Bonchev–Trinajstić information content (AvgIpc) is 3.00. The monoisotopic (exact) mass is 381 g/mol. The number of aromatic nitrogens is 1. The number of carboxylic acid groups (broad SMARTS) is 1. The van der Waals surface area contributed by atoms with Crippen molar-refractivity contribution in [3.8, 4) is 0 Å². The van der Waals surface area contributed by atoms with Gasteiger partial charge in [0.05, 0.1) is 21.2 Å². The molecule has 0 aliphatic carbocycles. The Labute approximate surface area is 150 Å². The third kappa shape index (κ3) is 3.83. The van der Waals surface area contributed by atoms with Gasteiger partial charge in [0, 0.05) is 30.1 Å². The highest BCUT2D eigenvalue weighted by molar-refractivity contribution is 7.89. The first kappa shape index (κ1) is 17.8. The van der Waals surface area contributed by atoms with Gasteiger partial charge < -0.3 is 10.0 Å². The predicted molar refractivity (Wildman–Crippen MR) is 95.8 cm³/mol. The van der Waals surface area contributed by atoms with Gasteiger partial charge in [-0.05, 0) is 38.0 Å². The SMILES string of the molecule is Cc1cnc(C2CCN(c3ccc(S(N)(=O)=O)cc3C(=O)O)CC2)s1. The fraction of sp³-hybridized carbons (Fsp3) is 0.375. The second-order valence-corrected chi connectivity index (χ2v) is 8.93. The minimum absolute atomic E-state index is 0.0462. The molecule has 3 N–H and O–H groups in total. The molecule has 3 rings (SSSR count). The van der Waals surface area contributed by atoms with Crippen LogP contribution in [-0.2, 0) is 10.0 Å². The summed E-state index contributed by atoms with van der Waals surface area (Å²) in [4.78, 5) is 19.0. The lowest BCUT2D eigenvalue weighted by Crippen LogP contribution is -2.34. The fourth-order valence-electron chi connectivity index (χ4n) is 3.07. The van der Waals surface area contributed by atoms with E-state index in [9.17, 15) is 18.3 Å². The van der Waals surface area contributed by atoms with Gasteiger partial charge in [0.15, 0.2) is 0 Å². The molecule has 1 saturated heterocycles. The molecular weight excluding hydrogens is 362 g/mol. The van der Waals surface area contributed by atoms with Crippen molar-refractivity contribution in [1.82, 2.24) is 4.98 Å². The standard InChI is InChI=1S/C16H19N3O4S2/c1-10-9-18-15(24-10)11-4-6-19(7-5-11)14-3-2-12(25(17,22)23)8-13(14)16(20)21/h2-3,8-9,11H,4-7H2,1H3,(H,20,21)(H2,17,22,23). The number of hydrogen-bond donors (Lipinski definition) is 2. The normalized spacial score (nSPS) is 16.2. The first-order valence-electron chi connectivity index (χ1n) is 7.83. The molecule has 9 heteroatoms. The number of benzene rings is 1. The van der Waals surface area contributed by atoms with Crippen LogP contribution in [0.25, 0.3) is 0 Å². The minimum Gasteiger partial charge on any atom is -0.478 e. The van der Waals surface area contributed by atoms with Gasteiger partial charge in [-0.1, -0.05) is 0 Å². The molecule has 0 spiro atoms. The van der Waals surface area contributed by atoms with Crippen molar-refractivity contribution in [2.75, 3.05) is 18.0 Å². The van der Waals surface area contributed by atoms with Crippen LogP contribution in [-0.4, -0.2) is 37.6 Å². The van der Waals surface area contributed by atoms with Crippen molar-refractivity contribution in [2.24, 2.45) is 5.14 Å². The Morgan fingerprint density at radius 2 is 2.04 bits per heavy atom. The summed E-state index contributed by atoms with van der Waals surface area (Å²) in [5, 5.41) is 15.7. The van der Waals surface area contributed by atoms with E-state index < -0.39 is 16.0 Å². The molecule has 1 fully saturated rings. The maximum atomic E-state index is 11.6. The molecule has 25 heavy (non-hydrogen) atoms. The molecule has 1 aromatic heterocycles. The summed E-state index contributed by atoms with van der Waals surface area (Å²) in [7, 11) is -3.94. The number of nitrogens with two attached hydrogens (primary N) is 1. The molecule has 7 nitrogen and oxygen atoms in total. The van der Waals surface area contributed by atoms with Crippen LogP contribution in [0.3, 0.4) is 0 Å². The fourth-order valence-corrected chi connectivity index (χ4v) is 4.55. The Morgan fingerprint density at radius 1 is 1.36 bits per heavy atom. The number of hydrogen-bond acceptors (Lipinski definition) is 6. The van der Waals surface area contributed by atoms with Crippen LogP contribution >= 0.6 is 11.3 Å². The number of anilines is 1. The van der Waals surface area contributed by atoms with Crippen LogP contribution in [0.5, 0.6) is 0 Å². The van der Waals surface area contributed by atoms with Crippen molar-refractivity contribution in [3.05, 3.63) is 39.8 Å². The van der Waals surface area contributed by atoms with Gasteiger partial charge in [-0.2, -0.15) is 0 Å². The van der Waals surface area contributed by atoms with E-state index in [1.807, 2.05) is 18.0 Å². The summed E-state index contributed by atoms with van der Waals surface area (Å²) in [5.41, 5.74) is 0.476. The van der Waals surface area contributed by atoms with Crippen LogP contribution in [0.1, 0.15) is 39.0 Å². The summed E-state index contributed by atoms with van der Waals surface area (Å²) in [6.07, 6.45) is 3.63. The third-order valence-electron chi connectivity index (χ3n) is 4.35. The molecule has 2 aromatic rings. The summed E-state index contributed by atoms with van der Waals surface area (Å²) < 4.78 is 22.9. The zero-order valence-corrected chi connectivity index (χ0v) is 15.3. The van der Waals surface area contributed by atoms with E-state index in [1.54, 1.807) is 11.3 Å². The molecule has 1 aliphatic rings. The van der Waals surface area contributed by atoms with Gasteiger partial charge >= 0.3 is 5.97 Å². The van der Waals surface area contributed by atoms with Crippen molar-refractivity contribution in [2.45, 2.75) is 30.6 Å². The van der Waals surface area contributed by atoms with Crippen molar-refractivity contribution in [3.63, 3.8) is 0 Å². The van der Waals surface area contributed by atoms with E-state index in [0.29, 0.717) is 24.7 Å². The summed E-state index contributed by atoms with van der Waals surface area (Å²) in [5.74, 6) is -0.787. The Bertz CT molecular complexity index is 900. The number of thiazole rings is 1. The highest BCUT2D eigenvalue weighted by Crippen LogP contribution is 2.34. The van der Waals surface area contributed by atoms with Crippen molar-refractivity contribution >= 4 is 33.0 Å². The van der Waals surface area contributed by atoms with Crippen molar-refractivity contribution in [1.29, 1.82) is 0 Å². The predicted octanol–water partition coefficient (Wildman–Crippen LogP) is 2.18. The van der Waals surface area contributed by atoms with Crippen LogP contribution in [0.2, 0.25) is 0 Å². The van der Waals surface area contributed by atoms with Crippen LogP contribution in [0, 0.1) is 6.92 Å². The lowest BCUT2D eigenvalue weighted by molar-refractivity contribution is 0.0697. The maximum absolute atomic E-state index is 11.6. The first-order chi connectivity index (χ1) is 11.8. The Kier molecular flexibility index (Phi) is 4.81. The quantitative estimate of drug-likeness (QED) is 0.839. The van der Waals surface area contributed by atoms with E-state index in [2.05, 4.69) is 4.98 Å². The minimum atomic E-state index is -3.94. The molecule has 134 valence electrons. The Hall–Kier alpha value is -1.97. The van der Waals surface area contributed by atoms with Crippen LogP contribution in [0.15, 0.2) is 29.3 Å². The Balaban J connectivity index is 1.82. The third-order valence-corrected chi connectivity index (χ3v) is 6.34. The highest BCUT2D eigenvalue weighted by Gasteiger charge is 2.26. The summed E-state index contributed by atoms with van der Waals surface area (Å²) >= 11 is 1.70. The van der Waals surface area contributed by atoms with E-state index in [4.69, 9.17) is 5.14 Å². The van der Waals surface area contributed by atoms with Gasteiger partial charge in [-0.15, -0.1) is 11.3 Å². The second kappa shape index (κ2) is 6.74.